The molecule has 1 amide bonds. The van der Waals surface area contributed by atoms with E-state index >= 15 is 0 Å². The summed E-state index contributed by atoms with van der Waals surface area (Å²) >= 11 is 5.11. The Bertz CT molecular complexity index is 605. The number of anilines is 1. The Morgan fingerprint density at radius 3 is 2.65 bits per heavy atom. The molecule has 1 heterocycles. The summed E-state index contributed by atoms with van der Waals surface area (Å²) in [4.78, 5) is 12.9. The molecular formula is C15H15BrN2OS. The van der Waals surface area contributed by atoms with Gasteiger partial charge in [0.2, 0.25) is 5.91 Å². The second-order valence-corrected chi connectivity index (χ2v) is 6.79. The van der Waals surface area contributed by atoms with Crippen molar-refractivity contribution in [2.24, 2.45) is 0 Å². The summed E-state index contributed by atoms with van der Waals surface area (Å²) in [5.74, 6) is -0.0857. The number of hydrogen-bond acceptors (Lipinski definition) is 3. The lowest BCUT2D eigenvalue weighted by molar-refractivity contribution is -0.116. The Kier molecular flexibility index (Phi) is 5.38. The van der Waals surface area contributed by atoms with Gasteiger partial charge in [0.05, 0.1) is 3.79 Å². The maximum Gasteiger partial charge on any atom is 0.244 e. The van der Waals surface area contributed by atoms with E-state index in [1.807, 2.05) is 30.3 Å². The minimum Gasteiger partial charge on any atom is -0.399 e. The van der Waals surface area contributed by atoms with Crippen LogP contribution in [0.1, 0.15) is 10.4 Å². The van der Waals surface area contributed by atoms with E-state index in [1.165, 1.54) is 11.0 Å². The first-order chi connectivity index (χ1) is 9.63. The fraction of sp³-hybridized carbons (Fsp3) is 0.133. The normalized spacial score (nSPS) is 10.8. The molecule has 0 spiro atoms. The third kappa shape index (κ3) is 4.83. The molecule has 5 heteroatoms. The van der Waals surface area contributed by atoms with Crippen LogP contribution < -0.4 is 11.1 Å². The fourth-order valence-electron chi connectivity index (χ4n) is 1.63. The monoisotopic (exact) mass is 350 g/mol. The van der Waals surface area contributed by atoms with Crippen LogP contribution in [0.15, 0.2) is 46.3 Å². The van der Waals surface area contributed by atoms with Gasteiger partial charge in [-0.15, -0.1) is 11.3 Å². The molecule has 3 N–H and O–H groups in total. The maximum absolute atomic E-state index is 11.7. The van der Waals surface area contributed by atoms with E-state index in [0.29, 0.717) is 12.2 Å². The van der Waals surface area contributed by atoms with Crippen molar-refractivity contribution in [3.8, 4) is 0 Å². The Labute approximate surface area is 130 Å². The summed E-state index contributed by atoms with van der Waals surface area (Å²) in [6.07, 6.45) is 4.16. The van der Waals surface area contributed by atoms with Crippen molar-refractivity contribution in [3.63, 3.8) is 0 Å². The molecule has 0 saturated carbocycles. The molecule has 0 aliphatic rings. The van der Waals surface area contributed by atoms with Crippen molar-refractivity contribution < 1.29 is 4.79 Å². The van der Waals surface area contributed by atoms with Gasteiger partial charge in [-0.25, -0.2) is 0 Å². The van der Waals surface area contributed by atoms with Gasteiger partial charge in [0.25, 0.3) is 0 Å². The van der Waals surface area contributed by atoms with Crippen molar-refractivity contribution in [1.82, 2.24) is 5.32 Å². The number of thiophene rings is 1. The molecule has 0 radical (unpaired) electrons. The maximum atomic E-state index is 11.7. The molecule has 0 saturated heterocycles. The van der Waals surface area contributed by atoms with E-state index < -0.39 is 0 Å². The largest absolute Gasteiger partial charge is 0.399 e. The number of nitrogen functional groups attached to an aromatic ring is 1. The molecule has 104 valence electrons. The Morgan fingerprint density at radius 1 is 1.25 bits per heavy atom. The molecule has 2 rings (SSSR count). The lowest BCUT2D eigenvalue weighted by Gasteiger charge is -2.00. The van der Waals surface area contributed by atoms with Crippen molar-refractivity contribution in [1.29, 1.82) is 0 Å². The summed E-state index contributed by atoms with van der Waals surface area (Å²) in [6, 6.07) is 11.5. The second-order valence-electron chi connectivity index (χ2n) is 4.25. The summed E-state index contributed by atoms with van der Waals surface area (Å²) in [6.45, 7) is 0.637. The lowest BCUT2D eigenvalue weighted by atomic mass is 10.2. The Morgan fingerprint density at radius 2 is 2.00 bits per heavy atom. The number of benzene rings is 1. The van der Waals surface area contributed by atoms with Crippen LogP contribution in [0.3, 0.4) is 0 Å². The van der Waals surface area contributed by atoms with Crippen LogP contribution >= 0.6 is 27.3 Å². The zero-order valence-corrected chi connectivity index (χ0v) is 13.2. The van der Waals surface area contributed by atoms with Crippen molar-refractivity contribution in [2.75, 3.05) is 12.3 Å². The summed E-state index contributed by atoms with van der Waals surface area (Å²) in [7, 11) is 0. The highest BCUT2D eigenvalue weighted by atomic mass is 79.9. The molecule has 3 nitrogen and oxygen atoms in total. The lowest BCUT2D eigenvalue weighted by Crippen LogP contribution is -2.23. The van der Waals surface area contributed by atoms with Crippen LogP contribution in [0.5, 0.6) is 0 Å². The Hall–Kier alpha value is -1.59. The fourth-order valence-corrected chi connectivity index (χ4v) is 3.12. The van der Waals surface area contributed by atoms with E-state index in [2.05, 4.69) is 27.3 Å². The zero-order valence-electron chi connectivity index (χ0n) is 10.8. The predicted octanol–water partition coefficient (Wildman–Crippen LogP) is 3.46. The molecule has 0 atom stereocenters. The molecule has 0 aliphatic heterocycles. The van der Waals surface area contributed by atoms with Crippen LogP contribution in [0.2, 0.25) is 0 Å². The molecule has 0 fully saturated rings. The summed E-state index contributed by atoms with van der Waals surface area (Å²) in [5.41, 5.74) is 7.27. The summed E-state index contributed by atoms with van der Waals surface area (Å²) < 4.78 is 1.11. The minimum atomic E-state index is -0.0857. The number of carbonyl (C=O) groups is 1. The quantitative estimate of drug-likeness (QED) is 0.640. The SMILES string of the molecule is Nc1ccc(/C=C/C(=O)NCCc2ccc(Br)s2)cc1. The van der Waals surface area contributed by atoms with Crippen molar-refractivity contribution >= 4 is 44.9 Å². The first-order valence-electron chi connectivity index (χ1n) is 6.19. The van der Waals surface area contributed by atoms with Gasteiger partial charge in [-0.2, -0.15) is 0 Å². The third-order valence-corrected chi connectivity index (χ3v) is 4.35. The van der Waals surface area contributed by atoms with E-state index in [0.717, 1.165) is 15.8 Å². The van der Waals surface area contributed by atoms with Crippen LogP contribution in [-0.2, 0) is 11.2 Å². The highest BCUT2D eigenvalue weighted by Gasteiger charge is 1.99. The molecule has 0 unspecified atom stereocenters. The summed E-state index contributed by atoms with van der Waals surface area (Å²) in [5, 5.41) is 2.86. The Balaban J connectivity index is 1.76. The van der Waals surface area contributed by atoms with E-state index in [9.17, 15) is 4.79 Å². The average molecular weight is 351 g/mol. The van der Waals surface area contributed by atoms with Gasteiger partial charge in [-0.3, -0.25) is 4.79 Å². The average Bonchev–Trinajstić information content (AvgIpc) is 2.84. The number of hydrogen-bond donors (Lipinski definition) is 2. The highest BCUT2D eigenvalue weighted by molar-refractivity contribution is 9.11. The topological polar surface area (TPSA) is 55.1 Å². The number of nitrogens with one attached hydrogen (secondary N) is 1. The minimum absolute atomic E-state index is 0.0857. The second kappa shape index (κ2) is 7.26. The molecule has 0 bridgehead atoms. The van der Waals surface area contributed by atoms with Gasteiger partial charge in [-0.05, 0) is 58.3 Å². The first-order valence-corrected chi connectivity index (χ1v) is 7.80. The van der Waals surface area contributed by atoms with Crippen molar-refractivity contribution in [2.45, 2.75) is 6.42 Å². The molecule has 2 aromatic rings. The van der Waals surface area contributed by atoms with Crippen LogP contribution in [0, 0.1) is 0 Å². The molecule has 1 aromatic heterocycles. The smallest absolute Gasteiger partial charge is 0.244 e. The van der Waals surface area contributed by atoms with E-state index in [4.69, 9.17) is 5.73 Å². The van der Waals surface area contributed by atoms with Crippen LogP contribution in [-0.4, -0.2) is 12.5 Å². The van der Waals surface area contributed by atoms with Gasteiger partial charge in [-0.1, -0.05) is 12.1 Å². The number of nitrogens with two attached hydrogens (primary N) is 1. The molecule has 1 aromatic carbocycles. The van der Waals surface area contributed by atoms with Gasteiger partial charge in [0.15, 0.2) is 0 Å². The third-order valence-electron chi connectivity index (χ3n) is 2.66. The van der Waals surface area contributed by atoms with E-state index in [-0.39, 0.29) is 5.91 Å². The van der Waals surface area contributed by atoms with Crippen molar-refractivity contribution in [3.05, 3.63) is 56.7 Å². The predicted molar refractivity (Wildman–Crippen MR) is 88.6 cm³/mol. The number of rotatable bonds is 5. The molecule has 20 heavy (non-hydrogen) atoms. The number of halogens is 1. The van der Waals surface area contributed by atoms with Gasteiger partial charge >= 0.3 is 0 Å². The number of carbonyl (C=O) groups excluding carboxylic acids is 1. The standard InChI is InChI=1S/C15H15BrN2OS/c16-14-7-6-13(20-14)9-10-18-15(19)8-3-11-1-4-12(17)5-2-11/h1-8H,9-10,17H2,(H,18,19)/b8-3+. The first kappa shape index (κ1) is 14.8. The van der Waals surface area contributed by atoms with Gasteiger partial charge < -0.3 is 11.1 Å². The highest BCUT2D eigenvalue weighted by Crippen LogP contribution is 2.21. The molecule has 0 aliphatic carbocycles. The molecular weight excluding hydrogens is 336 g/mol. The van der Waals surface area contributed by atoms with Gasteiger partial charge in [0.1, 0.15) is 0 Å². The van der Waals surface area contributed by atoms with Gasteiger partial charge in [0, 0.05) is 23.2 Å². The van der Waals surface area contributed by atoms with E-state index in [1.54, 1.807) is 17.4 Å². The van der Waals surface area contributed by atoms with Crippen LogP contribution in [0.4, 0.5) is 5.69 Å². The number of amides is 1. The zero-order chi connectivity index (χ0) is 14.4. The van der Waals surface area contributed by atoms with Crippen LogP contribution in [0.25, 0.3) is 6.08 Å².